The number of benzene rings is 2. The van der Waals surface area contributed by atoms with Crippen LogP contribution in [0.4, 0.5) is 0 Å². The van der Waals surface area contributed by atoms with Gasteiger partial charge in [-0.25, -0.2) is 0 Å². The van der Waals surface area contributed by atoms with Gasteiger partial charge in [0.1, 0.15) is 5.75 Å². The minimum Gasteiger partial charge on any atom is -0.497 e. The standard InChI is InChI=1S/C20H23NO6/c1-4-27-17-10-7-14(11-18(17)26-3)16(12-19(22)23)21-20(24)13-5-8-15(25-2)9-6-13/h5-11,16H,4,12H2,1-3H3,(H,21,24)(H,22,23)/t16-/m1/s1. The van der Waals surface area contributed by atoms with Crippen LogP contribution in [0.2, 0.25) is 0 Å². The summed E-state index contributed by atoms with van der Waals surface area (Å²) in [5.41, 5.74) is 1.02. The second kappa shape index (κ2) is 9.47. The number of nitrogens with one attached hydrogen (secondary N) is 1. The summed E-state index contributed by atoms with van der Waals surface area (Å²) >= 11 is 0. The summed E-state index contributed by atoms with van der Waals surface area (Å²) in [5, 5.41) is 12.0. The van der Waals surface area contributed by atoms with Gasteiger partial charge in [-0.1, -0.05) is 6.07 Å². The number of rotatable bonds is 9. The Kier molecular flexibility index (Phi) is 7.05. The lowest BCUT2D eigenvalue weighted by atomic mass is 10.0. The summed E-state index contributed by atoms with van der Waals surface area (Å²) < 4.78 is 15.9. The highest BCUT2D eigenvalue weighted by molar-refractivity contribution is 5.94. The molecule has 2 aromatic rings. The van der Waals surface area contributed by atoms with Crippen molar-refractivity contribution in [1.29, 1.82) is 0 Å². The number of hydrogen-bond donors (Lipinski definition) is 2. The van der Waals surface area contributed by atoms with Gasteiger partial charge in [-0.2, -0.15) is 0 Å². The fourth-order valence-corrected chi connectivity index (χ4v) is 2.59. The third-order valence-corrected chi connectivity index (χ3v) is 3.93. The number of carboxylic acids is 1. The molecule has 7 nitrogen and oxygen atoms in total. The Morgan fingerprint density at radius 2 is 1.74 bits per heavy atom. The van der Waals surface area contributed by atoms with E-state index in [9.17, 15) is 14.7 Å². The minimum absolute atomic E-state index is 0.265. The molecule has 0 aliphatic rings. The Morgan fingerprint density at radius 3 is 2.30 bits per heavy atom. The first-order valence-electron chi connectivity index (χ1n) is 8.46. The van der Waals surface area contributed by atoms with Crippen molar-refractivity contribution in [3.8, 4) is 17.2 Å². The van der Waals surface area contributed by atoms with Crippen LogP contribution < -0.4 is 19.5 Å². The quantitative estimate of drug-likeness (QED) is 0.702. The number of amides is 1. The maximum Gasteiger partial charge on any atom is 0.305 e. The summed E-state index contributed by atoms with van der Waals surface area (Å²) in [5.74, 6) is 0.257. The molecule has 144 valence electrons. The second-order valence-electron chi connectivity index (χ2n) is 5.70. The van der Waals surface area contributed by atoms with E-state index >= 15 is 0 Å². The van der Waals surface area contributed by atoms with Gasteiger partial charge in [-0.05, 0) is 48.9 Å². The van der Waals surface area contributed by atoms with Gasteiger partial charge in [0.2, 0.25) is 0 Å². The van der Waals surface area contributed by atoms with E-state index in [1.54, 1.807) is 42.5 Å². The van der Waals surface area contributed by atoms with E-state index in [1.807, 2.05) is 6.92 Å². The average Bonchev–Trinajstić information content (AvgIpc) is 2.67. The van der Waals surface area contributed by atoms with Gasteiger partial charge in [0.15, 0.2) is 11.5 Å². The number of methoxy groups -OCH3 is 2. The van der Waals surface area contributed by atoms with Crippen molar-refractivity contribution in [1.82, 2.24) is 5.32 Å². The summed E-state index contributed by atoms with van der Waals surface area (Å²) in [6, 6.07) is 10.9. The first-order chi connectivity index (χ1) is 13.0. The van der Waals surface area contributed by atoms with Crippen molar-refractivity contribution in [3.05, 3.63) is 53.6 Å². The van der Waals surface area contributed by atoms with E-state index in [4.69, 9.17) is 14.2 Å². The van der Waals surface area contributed by atoms with Crippen LogP contribution in [-0.2, 0) is 4.79 Å². The van der Waals surface area contributed by atoms with Crippen LogP contribution in [0.1, 0.15) is 35.3 Å². The van der Waals surface area contributed by atoms with Crippen LogP contribution >= 0.6 is 0 Å². The predicted octanol–water partition coefficient (Wildman–Crippen LogP) is 3.05. The Labute approximate surface area is 157 Å². The van der Waals surface area contributed by atoms with E-state index in [0.717, 1.165) is 0 Å². The third kappa shape index (κ3) is 5.37. The summed E-state index contributed by atoms with van der Waals surface area (Å²) in [6.07, 6.45) is -0.265. The molecule has 0 aliphatic carbocycles. The molecule has 0 spiro atoms. The topological polar surface area (TPSA) is 94.1 Å². The molecule has 7 heteroatoms. The molecule has 0 bridgehead atoms. The minimum atomic E-state index is -1.03. The van der Waals surface area contributed by atoms with Gasteiger partial charge in [0.25, 0.3) is 5.91 Å². The monoisotopic (exact) mass is 373 g/mol. The highest BCUT2D eigenvalue weighted by atomic mass is 16.5. The first kappa shape index (κ1) is 20.1. The van der Waals surface area contributed by atoms with Gasteiger partial charge in [0.05, 0.1) is 33.3 Å². The molecule has 1 atom stereocenters. The molecule has 2 rings (SSSR count). The number of hydrogen-bond acceptors (Lipinski definition) is 5. The number of carboxylic acid groups (broad SMARTS) is 1. The summed E-state index contributed by atoms with van der Waals surface area (Å²) in [4.78, 5) is 23.8. The molecule has 2 aromatic carbocycles. The van der Waals surface area contributed by atoms with Gasteiger partial charge >= 0.3 is 5.97 Å². The molecular formula is C20H23NO6. The van der Waals surface area contributed by atoms with E-state index in [-0.39, 0.29) is 12.3 Å². The molecule has 2 N–H and O–H groups in total. The summed E-state index contributed by atoms with van der Waals surface area (Å²) in [6.45, 7) is 2.33. The Hall–Kier alpha value is -3.22. The fourth-order valence-electron chi connectivity index (χ4n) is 2.59. The molecule has 0 aliphatic heterocycles. The zero-order valence-corrected chi connectivity index (χ0v) is 15.5. The molecule has 1 amide bonds. The number of carbonyl (C=O) groups excluding carboxylic acids is 1. The van der Waals surface area contributed by atoms with E-state index < -0.39 is 12.0 Å². The summed E-state index contributed by atoms with van der Waals surface area (Å²) in [7, 11) is 3.04. The lowest BCUT2D eigenvalue weighted by Gasteiger charge is -2.19. The smallest absolute Gasteiger partial charge is 0.305 e. The molecular weight excluding hydrogens is 350 g/mol. The molecule has 0 unspecified atom stereocenters. The maximum atomic E-state index is 12.5. The average molecular weight is 373 g/mol. The van der Waals surface area contributed by atoms with Crippen LogP contribution in [0.15, 0.2) is 42.5 Å². The maximum absolute atomic E-state index is 12.5. The number of aliphatic carboxylic acids is 1. The molecule has 0 fully saturated rings. The molecule has 0 saturated carbocycles. The molecule has 0 aromatic heterocycles. The lowest BCUT2D eigenvalue weighted by Crippen LogP contribution is -2.30. The van der Waals surface area contributed by atoms with Gasteiger partial charge in [-0.15, -0.1) is 0 Å². The van der Waals surface area contributed by atoms with E-state index in [1.165, 1.54) is 14.2 Å². The zero-order chi connectivity index (χ0) is 19.8. The van der Waals surface area contributed by atoms with Crippen molar-refractivity contribution in [2.75, 3.05) is 20.8 Å². The zero-order valence-electron chi connectivity index (χ0n) is 15.5. The first-order valence-corrected chi connectivity index (χ1v) is 8.46. The van der Waals surface area contributed by atoms with Crippen molar-refractivity contribution >= 4 is 11.9 Å². The van der Waals surface area contributed by atoms with E-state index in [0.29, 0.717) is 35.0 Å². The van der Waals surface area contributed by atoms with Crippen molar-refractivity contribution in [2.24, 2.45) is 0 Å². The normalized spacial score (nSPS) is 11.4. The van der Waals surface area contributed by atoms with Crippen LogP contribution in [0.25, 0.3) is 0 Å². The van der Waals surface area contributed by atoms with Crippen LogP contribution in [-0.4, -0.2) is 37.8 Å². The Bertz CT molecular complexity index is 788. The van der Waals surface area contributed by atoms with Crippen molar-refractivity contribution in [3.63, 3.8) is 0 Å². The van der Waals surface area contributed by atoms with Gasteiger partial charge in [0, 0.05) is 5.56 Å². The number of ether oxygens (including phenoxy) is 3. The fraction of sp³-hybridized carbons (Fsp3) is 0.300. The van der Waals surface area contributed by atoms with Gasteiger partial charge in [-0.3, -0.25) is 9.59 Å². The van der Waals surface area contributed by atoms with Crippen LogP contribution in [0.5, 0.6) is 17.2 Å². The Morgan fingerprint density at radius 1 is 1.04 bits per heavy atom. The molecule has 0 saturated heterocycles. The third-order valence-electron chi connectivity index (χ3n) is 3.93. The largest absolute Gasteiger partial charge is 0.497 e. The predicted molar refractivity (Wildman–Crippen MR) is 99.6 cm³/mol. The van der Waals surface area contributed by atoms with Crippen LogP contribution in [0.3, 0.4) is 0 Å². The molecule has 0 radical (unpaired) electrons. The van der Waals surface area contributed by atoms with Crippen LogP contribution in [0, 0.1) is 0 Å². The second-order valence-corrected chi connectivity index (χ2v) is 5.70. The Balaban J connectivity index is 2.26. The highest BCUT2D eigenvalue weighted by Crippen LogP contribution is 2.31. The highest BCUT2D eigenvalue weighted by Gasteiger charge is 2.20. The van der Waals surface area contributed by atoms with Crippen molar-refractivity contribution < 1.29 is 28.9 Å². The molecule has 0 heterocycles. The molecule has 27 heavy (non-hydrogen) atoms. The van der Waals surface area contributed by atoms with E-state index in [2.05, 4.69) is 5.32 Å². The van der Waals surface area contributed by atoms with Gasteiger partial charge < -0.3 is 24.6 Å². The SMILES string of the molecule is CCOc1ccc([C@@H](CC(=O)O)NC(=O)c2ccc(OC)cc2)cc1OC. The van der Waals surface area contributed by atoms with Crippen molar-refractivity contribution in [2.45, 2.75) is 19.4 Å². The number of carbonyl (C=O) groups is 2. The lowest BCUT2D eigenvalue weighted by molar-refractivity contribution is -0.137.